The second-order valence-electron chi connectivity index (χ2n) is 6.06. The Hall–Kier alpha value is -1.47. The summed E-state index contributed by atoms with van der Waals surface area (Å²) in [6, 6.07) is -0.822. The average Bonchev–Trinajstić information content (AvgIpc) is 2.92. The third-order valence-electron chi connectivity index (χ3n) is 4.55. The molecule has 0 aromatic rings. The van der Waals surface area contributed by atoms with Crippen LogP contribution in [0.4, 0.5) is 18.0 Å². The van der Waals surface area contributed by atoms with Gasteiger partial charge in [0.25, 0.3) is 0 Å². The molecule has 2 N–H and O–H groups in total. The molecule has 1 aliphatic carbocycles. The summed E-state index contributed by atoms with van der Waals surface area (Å²) >= 11 is 0. The molecule has 22 heavy (non-hydrogen) atoms. The van der Waals surface area contributed by atoms with Crippen molar-refractivity contribution in [3.8, 4) is 0 Å². The van der Waals surface area contributed by atoms with Gasteiger partial charge in [-0.25, -0.2) is 4.79 Å². The van der Waals surface area contributed by atoms with Gasteiger partial charge in [-0.15, -0.1) is 0 Å². The normalized spacial score (nSPS) is 29.4. The largest absolute Gasteiger partial charge is 0.463 e. The van der Waals surface area contributed by atoms with E-state index in [1.165, 1.54) is 4.90 Å². The number of carbonyl (C=O) groups is 2. The van der Waals surface area contributed by atoms with Gasteiger partial charge in [0.2, 0.25) is 0 Å². The Morgan fingerprint density at radius 1 is 1.18 bits per heavy atom. The molecule has 0 unspecified atom stereocenters. The number of primary amides is 1. The molecule has 0 aromatic carbocycles. The molecule has 1 heterocycles. The first-order chi connectivity index (χ1) is 10.3. The van der Waals surface area contributed by atoms with E-state index in [1.807, 2.05) is 0 Å². The van der Waals surface area contributed by atoms with E-state index < -0.39 is 30.0 Å². The van der Waals surface area contributed by atoms with Crippen LogP contribution in [0.3, 0.4) is 0 Å². The van der Waals surface area contributed by atoms with E-state index in [0.29, 0.717) is 25.8 Å². The highest BCUT2D eigenvalue weighted by Crippen LogP contribution is 2.40. The number of urea groups is 1. The predicted octanol–water partition coefficient (Wildman–Crippen LogP) is 2.44. The lowest BCUT2D eigenvalue weighted by atomic mass is 9.81. The van der Waals surface area contributed by atoms with Gasteiger partial charge in [-0.2, -0.15) is 13.2 Å². The summed E-state index contributed by atoms with van der Waals surface area (Å²) in [7, 11) is 0. The van der Waals surface area contributed by atoms with Gasteiger partial charge in [0.15, 0.2) is 0 Å². The van der Waals surface area contributed by atoms with Gasteiger partial charge in [-0.05, 0) is 32.1 Å². The second kappa shape index (κ2) is 6.75. The van der Waals surface area contributed by atoms with Crippen molar-refractivity contribution in [2.75, 3.05) is 13.2 Å². The Morgan fingerprint density at radius 2 is 1.91 bits per heavy atom. The molecule has 2 rings (SSSR count). The molecular weight excluding hydrogens is 301 g/mol. The SMILES string of the molecule is NC(=O)N1CCC[C@@H]1COC(=O)[C@H]1CCC[C@H](C(F)(F)F)C1. The highest BCUT2D eigenvalue weighted by molar-refractivity contribution is 5.73. The van der Waals surface area contributed by atoms with Crippen molar-refractivity contribution >= 4 is 12.0 Å². The molecule has 0 aromatic heterocycles. The molecule has 3 atom stereocenters. The maximum atomic E-state index is 12.7. The van der Waals surface area contributed by atoms with Crippen molar-refractivity contribution in [3.63, 3.8) is 0 Å². The Kier molecular flexibility index (Phi) is 5.18. The molecule has 2 amide bonds. The number of nitrogens with two attached hydrogens (primary N) is 1. The van der Waals surface area contributed by atoms with Crippen LogP contribution in [-0.2, 0) is 9.53 Å². The smallest absolute Gasteiger partial charge is 0.391 e. The molecule has 8 heteroatoms. The Morgan fingerprint density at radius 3 is 2.55 bits per heavy atom. The first-order valence-electron chi connectivity index (χ1n) is 7.58. The summed E-state index contributed by atoms with van der Waals surface area (Å²) in [5.74, 6) is -2.72. The molecule has 2 fully saturated rings. The van der Waals surface area contributed by atoms with Gasteiger partial charge in [0.05, 0.1) is 17.9 Å². The number of ether oxygens (including phenoxy) is 1. The molecule has 0 spiro atoms. The van der Waals surface area contributed by atoms with Crippen molar-refractivity contribution in [1.82, 2.24) is 4.90 Å². The van der Waals surface area contributed by atoms with Gasteiger partial charge in [-0.1, -0.05) is 6.42 Å². The number of rotatable bonds is 3. The summed E-state index contributed by atoms with van der Waals surface area (Å²) in [6.45, 7) is 0.534. The van der Waals surface area contributed by atoms with Crippen molar-refractivity contribution in [2.24, 2.45) is 17.6 Å². The topological polar surface area (TPSA) is 72.6 Å². The number of hydrogen-bond acceptors (Lipinski definition) is 3. The van der Waals surface area contributed by atoms with Crippen LogP contribution in [0.2, 0.25) is 0 Å². The minimum atomic E-state index is -4.26. The Balaban J connectivity index is 1.83. The van der Waals surface area contributed by atoms with Crippen LogP contribution in [0.15, 0.2) is 0 Å². The van der Waals surface area contributed by atoms with Crippen LogP contribution in [0.5, 0.6) is 0 Å². The van der Waals surface area contributed by atoms with E-state index in [1.54, 1.807) is 0 Å². The van der Waals surface area contributed by atoms with Crippen LogP contribution in [0, 0.1) is 11.8 Å². The van der Waals surface area contributed by atoms with Crippen molar-refractivity contribution < 1.29 is 27.5 Å². The molecule has 1 aliphatic heterocycles. The Labute approximate surface area is 127 Å². The predicted molar refractivity (Wildman–Crippen MR) is 71.8 cm³/mol. The fraction of sp³-hybridized carbons (Fsp3) is 0.857. The van der Waals surface area contributed by atoms with Gasteiger partial charge >= 0.3 is 18.2 Å². The van der Waals surface area contributed by atoms with E-state index >= 15 is 0 Å². The summed E-state index contributed by atoms with van der Waals surface area (Å²) in [4.78, 5) is 24.6. The molecule has 1 saturated carbocycles. The zero-order valence-corrected chi connectivity index (χ0v) is 12.3. The average molecular weight is 322 g/mol. The van der Waals surface area contributed by atoms with E-state index in [4.69, 9.17) is 10.5 Å². The van der Waals surface area contributed by atoms with Gasteiger partial charge in [0, 0.05) is 6.54 Å². The standard InChI is InChI=1S/C14H21F3N2O3/c15-14(16,17)10-4-1-3-9(7-10)12(20)22-8-11-5-2-6-19(11)13(18)21/h9-11H,1-8H2,(H2,18,21)/t9-,10-,11+/m0/s1. The minimum absolute atomic E-state index is 0.00889. The third kappa shape index (κ3) is 4.04. The fourth-order valence-corrected chi connectivity index (χ4v) is 3.30. The van der Waals surface area contributed by atoms with Crippen molar-refractivity contribution in [1.29, 1.82) is 0 Å². The van der Waals surface area contributed by atoms with E-state index in [0.717, 1.165) is 6.42 Å². The summed E-state index contributed by atoms with van der Waals surface area (Å²) in [5.41, 5.74) is 5.22. The molecule has 1 saturated heterocycles. The van der Waals surface area contributed by atoms with E-state index in [9.17, 15) is 22.8 Å². The number of alkyl halides is 3. The van der Waals surface area contributed by atoms with Crippen LogP contribution in [-0.4, -0.2) is 42.3 Å². The minimum Gasteiger partial charge on any atom is -0.463 e. The van der Waals surface area contributed by atoms with E-state index in [-0.39, 0.29) is 25.5 Å². The third-order valence-corrected chi connectivity index (χ3v) is 4.55. The zero-order chi connectivity index (χ0) is 16.3. The van der Waals surface area contributed by atoms with Crippen LogP contribution in [0.1, 0.15) is 38.5 Å². The summed E-state index contributed by atoms with van der Waals surface area (Å²) in [6.07, 6.45) is -2.11. The maximum absolute atomic E-state index is 12.7. The molecule has 5 nitrogen and oxygen atoms in total. The second-order valence-corrected chi connectivity index (χ2v) is 6.06. The summed E-state index contributed by atoms with van der Waals surface area (Å²) < 4.78 is 43.4. The lowest BCUT2D eigenvalue weighted by Crippen LogP contribution is -2.42. The van der Waals surface area contributed by atoms with Crippen LogP contribution < -0.4 is 5.73 Å². The first kappa shape index (κ1) is 16.9. The van der Waals surface area contributed by atoms with Gasteiger partial charge < -0.3 is 15.4 Å². The summed E-state index contributed by atoms with van der Waals surface area (Å²) in [5, 5.41) is 0. The quantitative estimate of drug-likeness (QED) is 0.811. The molecule has 0 radical (unpaired) electrons. The lowest BCUT2D eigenvalue weighted by molar-refractivity contribution is -0.189. The number of likely N-dealkylation sites (tertiary alicyclic amines) is 1. The number of amides is 2. The van der Waals surface area contributed by atoms with Crippen LogP contribution >= 0.6 is 0 Å². The number of hydrogen-bond donors (Lipinski definition) is 1. The number of halogens is 3. The lowest BCUT2D eigenvalue weighted by Gasteiger charge is -2.30. The number of esters is 1. The van der Waals surface area contributed by atoms with Gasteiger partial charge in [-0.3, -0.25) is 4.79 Å². The molecule has 0 bridgehead atoms. The molecule has 2 aliphatic rings. The maximum Gasteiger partial charge on any atom is 0.391 e. The van der Waals surface area contributed by atoms with Crippen LogP contribution in [0.25, 0.3) is 0 Å². The monoisotopic (exact) mass is 322 g/mol. The fourth-order valence-electron chi connectivity index (χ4n) is 3.30. The zero-order valence-electron chi connectivity index (χ0n) is 12.3. The van der Waals surface area contributed by atoms with Crippen molar-refractivity contribution in [3.05, 3.63) is 0 Å². The van der Waals surface area contributed by atoms with Crippen molar-refractivity contribution in [2.45, 2.75) is 50.7 Å². The first-order valence-corrected chi connectivity index (χ1v) is 7.58. The number of nitrogens with zero attached hydrogens (tertiary/aromatic N) is 1. The Bertz CT molecular complexity index is 428. The molecule has 126 valence electrons. The molecular formula is C14H21F3N2O3. The number of carbonyl (C=O) groups excluding carboxylic acids is 2. The van der Waals surface area contributed by atoms with Gasteiger partial charge in [0.1, 0.15) is 6.61 Å². The van der Waals surface area contributed by atoms with E-state index in [2.05, 4.69) is 0 Å². The highest BCUT2D eigenvalue weighted by Gasteiger charge is 2.44. The highest BCUT2D eigenvalue weighted by atomic mass is 19.4.